The normalized spacial score (nSPS) is 12.3. The molecular weight excluding hydrogens is 269 g/mol. The van der Waals surface area contributed by atoms with Crippen molar-refractivity contribution in [2.45, 2.75) is 46.2 Å². The molecule has 0 spiro atoms. The van der Waals surface area contributed by atoms with Crippen LogP contribution >= 0.6 is 7.60 Å². The summed E-state index contributed by atoms with van der Waals surface area (Å²) < 4.78 is 24.5. The number of hydrogen-bond acceptors (Lipinski definition) is 5. The fraction of sp³-hybridized carbons (Fsp3) is 0.583. The Morgan fingerprint density at radius 3 is 2.21 bits per heavy atom. The molecule has 0 fully saturated rings. The van der Waals surface area contributed by atoms with Crippen LogP contribution in [0.1, 0.15) is 27.7 Å². The van der Waals surface area contributed by atoms with E-state index in [1.54, 1.807) is 27.7 Å². The topological polar surface area (TPSA) is 77.8 Å². The lowest BCUT2D eigenvalue weighted by Crippen LogP contribution is -2.21. The van der Waals surface area contributed by atoms with Crippen LogP contribution in [0.15, 0.2) is 23.1 Å². The molecule has 0 saturated heterocycles. The first-order valence-corrected chi connectivity index (χ1v) is 7.80. The Balaban J connectivity index is 3.00. The van der Waals surface area contributed by atoms with Gasteiger partial charge in [-0.05, 0) is 33.8 Å². The maximum absolute atomic E-state index is 12.6. The average molecular weight is 289 g/mol. The molecule has 0 atom stereocenters. The summed E-state index contributed by atoms with van der Waals surface area (Å²) in [5.41, 5.74) is -0.458. The fourth-order valence-corrected chi connectivity index (χ4v) is 3.61. The zero-order chi connectivity index (χ0) is 14.6. The molecule has 6 nitrogen and oxygen atoms in total. The van der Waals surface area contributed by atoms with Gasteiger partial charge in [-0.1, -0.05) is 0 Å². The van der Waals surface area contributed by atoms with Gasteiger partial charge in [-0.3, -0.25) is 9.36 Å². The van der Waals surface area contributed by atoms with E-state index in [0.717, 1.165) is 6.07 Å². The van der Waals surface area contributed by atoms with Gasteiger partial charge in [0.15, 0.2) is 0 Å². The van der Waals surface area contributed by atoms with E-state index >= 15 is 0 Å². The predicted molar refractivity (Wildman–Crippen MR) is 72.4 cm³/mol. The molecule has 0 aliphatic rings. The standard InChI is InChI=1S/C12H20NO5P/c1-9(2)17-19(16,18-10(3)4)8-13-6-5-11(14)7-12(13)15/h5-7,9-10,14H,8H2,1-4H3. The van der Waals surface area contributed by atoms with Gasteiger partial charge >= 0.3 is 7.60 Å². The van der Waals surface area contributed by atoms with Crippen LogP contribution < -0.4 is 5.56 Å². The van der Waals surface area contributed by atoms with E-state index in [0.29, 0.717) is 0 Å². The Labute approximate surface area is 112 Å². The molecule has 0 amide bonds. The SMILES string of the molecule is CC(C)OP(=O)(Cn1ccc(O)cc1=O)OC(C)C. The van der Waals surface area contributed by atoms with Crippen LogP contribution in [0.4, 0.5) is 0 Å². The van der Waals surface area contributed by atoms with Crippen molar-refractivity contribution >= 4 is 7.60 Å². The molecule has 1 N–H and O–H groups in total. The number of pyridine rings is 1. The second kappa shape index (κ2) is 6.37. The molecule has 19 heavy (non-hydrogen) atoms. The molecule has 108 valence electrons. The zero-order valence-corrected chi connectivity index (χ0v) is 12.5. The maximum Gasteiger partial charge on any atom is 0.350 e. The number of aromatic hydroxyl groups is 1. The second-order valence-electron chi connectivity index (χ2n) is 4.75. The Morgan fingerprint density at radius 2 is 1.79 bits per heavy atom. The van der Waals surface area contributed by atoms with Crippen molar-refractivity contribution in [1.82, 2.24) is 4.57 Å². The molecule has 0 aliphatic carbocycles. The first kappa shape index (κ1) is 16.0. The molecule has 1 rings (SSSR count). The third-order valence-corrected chi connectivity index (χ3v) is 4.18. The molecule has 0 unspecified atom stereocenters. The third kappa shape index (κ3) is 5.19. The van der Waals surface area contributed by atoms with Gasteiger partial charge in [0.25, 0.3) is 5.56 Å². The van der Waals surface area contributed by atoms with Gasteiger partial charge in [0.05, 0.1) is 12.2 Å². The minimum absolute atomic E-state index is 0.134. The smallest absolute Gasteiger partial charge is 0.350 e. The zero-order valence-electron chi connectivity index (χ0n) is 11.6. The first-order chi connectivity index (χ1) is 8.72. The van der Waals surface area contributed by atoms with Crippen LogP contribution in [-0.4, -0.2) is 21.9 Å². The van der Waals surface area contributed by atoms with E-state index in [1.165, 1.54) is 16.8 Å². The van der Waals surface area contributed by atoms with Crippen LogP contribution in [-0.2, 0) is 19.9 Å². The molecule has 0 bridgehead atoms. The van der Waals surface area contributed by atoms with Crippen molar-refractivity contribution in [3.05, 3.63) is 28.7 Å². The number of rotatable bonds is 6. The second-order valence-corrected chi connectivity index (χ2v) is 6.68. The monoisotopic (exact) mass is 289 g/mol. The highest BCUT2D eigenvalue weighted by Gasteiger charge is 2.28. The van der Waals surface area contributed by atoms with Gasteiger partial charge in [0.2, 0.25) is 0 Å². The Morgan fingerprint density at radius 1 is 1.26 bits per heavy atom. The highest BCUT2D eigenvalue weighted by Crippen LogP contribution is 2.51. The van der Waals surface area contributed by atoms with Gasteiger partial charge in [0, 0.05) is 12.3 Å². The van der Waals surface area contributed by atoms with Crippen LogP contribution in [0.5, 0.6) is 5.75 Å². The lowest BCUT2D eigenvalue weighted by molar-refractivity contribution is 0.138. The molecule has 0 saturated carbocycles. The Kier molecular flexibility index (Phi) is 5.35. The molecule has 0 radical (unpaired) electrons. The molecule has 1 aromatic rings. The first-order valence-electron chi connectivity index (χ1n) is 6.07. The van der Waals surface area contributed by atoms with E-state index in [9.17, 15) is 14.5 Å². The van der Waals surface area contributed by atoms with Gasteiger partial charge in [-0.2, -0.15) is 0 Å². The van der Waals surface area contributed by atoms with Gasteiger partial charge in [-0.25, -0.2) is 0 Å². The summed E-state index contributed by atoms with van der Waals surface area (Å²) in [5.74, 6) is -0.134. The highest BCUT2D eigenvalue weighted by molar-refractivity contribution is 7.52. The fourth-order valence-electron chi connectivity index (χ4n) is 1.53. The minimum Gasteiger partial charge on any atom is -0.508 e. The average Bonchev–Trinajstić information content (AvgIpc) is 2.19. The lowest BCUT2D eigenvalue weighted by atomic mass is 10.4. The molecule has 1 aromatic heterocycles. The van der Waals surface area contributed by atoms with Gasteiger partial charge in [0.1, 0.15) is 12.0 Å². The molecule has 1 heterocycles. The summed E-state index contributed by atoms with van der Waals surface area (Å²) in [7, 11) is -3.41. The molecule has 0 aromatic carbocycles. The van der Waals surface area contributed by atoms with Crippen LogP contribution in [0.2, 0.25) is 0 Å². The summed E-state index contributed by atoms with van der Waals surface area (Å²) in [5, 5.41) is 9.18. The Hall–Kier alpha value is -1.10. The quantitative estimate of drug-likeness (QED) is 0.814. The predicted octanol–water partition coefficient (Wildman–Crippen LogP) is 2.55. The van der Waals surface area contributed by atoms with Gasteiger partial charge < -0.3 is 18.7 Å². The maximum atomic E-state index is 12.6. The number of aromatic nitrogens is 1. The summed E-state index contributed by atoms with van der Waals surface area (Å²) in [6, 6.07) is 2.39. The van der Waals surface area contributed by atoms with Crippen molar-refractivity contribution in [3.63, 3.8) is 0 Å². The van der Waals surface area contributed by atoms with Crippen molar-refractivity contribution in [1.29, 1.82) is 0 Å². The number of hydrogen-bond donors (Lipinski definition) is 1. The van der Waals surface area contributed by atoms with E-state index in [2.05, 4.69) is 0 Å². The third-order valence-electron chi connectivity index (χ3n) is 2.05. The van der Waals surface area contributed by atoms with Crippen LogP contribution in [0.25, 0.3) is 0 Å². The molecule has 0 aliphatic heterocycles. The largest absolute Gasteiger partial charge is 0.508 e. The van der Waals surface area contributed by atoms with Crippen molar-refractivity contribution in [2.24, 2.45) is 0 Å². The van der Waals surface area contributed by atoms with Crippen molar-refractivity contribution < 1.29 is 18.7 Å². The highest BCUT2D eigenvalue weighted by atomic mass is 31.2. The van der Waals surface area contributed by atoms with E-state index < -0.39 is 13.2 Å². The van der Waals surface area contributed by atoms with E-state index in [1.807, 2.05) is 0 Å². The summed E-state index contributed by atoms with van der Waals surface area (Å²) in [6.45, 7) is 6.98. The van der Waals surface area contributed by atoms with Crippen molar-refractivity contribution in [3.8, 4) is 5.75 Å². The van der Waals surface area contributed by atoms with E-state index in [4.69, 9.17) is 9.05 Å². The summed E-state index contributed by atoms with van der Waals surface area (Å²) >= 11 is 0. The lowest BCUT2D eigenvalue weighted by Gasteiger charge is -2.23. The number of nitrogens with zero attached hydrogens (tertiary/aromatic N) is 1. The minimum atomic E-state index is -3.41. The molecule has 7 heteroatoms. The van der Waals surface area contributed by atoms with Gasteiger partial charge in [-0.15, -0.1) is 0 Å². The van der Waals surface area contributed by atoms with Crippen molar-refractivity contribution in [2.75, 3.05) is 0 Å². The van der Waals surface area contributed by atoms with Crippen LogP contribution in [0, 0.1) is 0 Å². The molecular formula is C12H20NO5P. The Bertz CT molecular complexity index is 509. The van der Waals surface area contributed by atoms with Crippen LogP contribution in [0.3, 0.4) is 0 Å². The summed E-state index contributed by atoms with van der Waals surface area (Å²) in [6.07, 6.45) is 0.620. The van der Waals surface area contributed by atoms with E-state index in [-0.39, 0.29) is 24.2 Å². The summed E-state index contributed by atoms with van der Waals surface area (Å²) in [4.78, 5) is 11.7.